The molecule has 0 aliphatic carbocycles. The lowest BCUT2D eigenvalue weighted by molar-refractivity contribution is -0.184. The SMILES string of the molecule is O=C(NOCC(F)(F)F)c1cc(Br)sc1Br. The summed E-state index contributed by atoms with van der Waals surface area (Å²) in [5.41, 5.74) is 1.91. The molecule has 0 bridgehead atoms. The molecule has 0 aromatic carbocycles. The second-order valence-electron chi connectivity index (χ2n) is 2.57. The molecule has 0 fully saturated rings. The largest absolute Gasteiger partial charge is 0.414 e. The van der Waals surface area contributed by atoms with Crippen LogP contribution in [0.5, 0.6) is 0 Å². The van der Waals surface area contributed by atoms with Crippen LogP contribution in [0.25, 0.3) is 0 Å². The first kappa shape index (κ1) is 13.9. The predicted octanol–water partition coefficient (Wildman–Crippen LogP) is 3.50. The van der Waals surface area contributed by atoms with Crippen LogP contribution in [0, 0.1) is 0 Å². The summed E-state index contributed by atoms with van der Waals surface area (Å²) in [5.74, 6) is -0.738. The molecule has 9 heteroatoms. The van der Waals surface area contributed by atoms with Crippen molar-refractivity contribution in [2.24, 2.45) is 0 Å². The molecule has 0 saturated heterocycles. The first-order chi connectivity index (χ1) is 7.29. The van der Waals surface area contributed by atoms with E-state index in [1.54, 1.807) is 5.48 Å². The van der Waals surface area contributed by atoms with Crippen molar-refractivity contribution in [2.45, 2.75) is 6.18 Å². The number of carbonyl (C=O) groups excluding carboxylic acids is 1. The minimum absolute atomic E-state index is 0.207. The molecule has 3 nitrogen and oxygen atoms in total. The molecule has 0 spiro atoms. The first-order valence-corrected chi connectivity index (χ1v) is 6.13. The maximum Gasteiger partial charge on any atom is 0.414 e. The lowest BCUT2D eigenvalue weighted by Crippen LogP contribution is -2.29. The second-order valence-corrected chi connectivity index (χ2v) is 6.32. The van der Waals surface area contributed by atoms with E-state index in [4.69, 9.17) is 0 Å². The summed E-state index contributed by atoms with van der Waals surface area (Å²) in [6, 6.07) is 1.47. The number of hydrogen-bond acceptors (Lipinski definition) is 3. The summed E-state index contributed by atoms with van der Waals surface area (Å²) in [6.07, 6.45) is -4.47. The van der Waals surface area contributed by atoms with E-state index >= 15 is 0 Å². The van der Waals surface area contributed by atoms with Crippen molar-refractivity contribution >= 4 is 49.1 Å². The Bertz CT molecular complexity index is 393. The zero-order chi connectivity index (χ0) is 12.3. The molecule has 1 amide bonds. The van der Waals surface area contributed by atoms with E-state index in [2.05, 4.69) is 36.7 Å². The zero-order valence-electron chi connectivity index (χ0n) is 7.40. The number of amides is 1. The number of hydrogen-bond donors (Lipinski definition) is 1. The monoisotopic (exact) mass is 381 g/mol. The van der Waals surface area contributed by atoms with Crippen LogP contribution in [0.2, 0.25) is 0 Å². The summed E-state index contributed by atoms with van der Waals surface area (Å²) >= 11 is 7.47. The predicted molar refractivity (Wildman–Crippen MR) is 59.2 cm³/mol. The Morgan fingerprint density at radius 2 is 2.12 bits per heavy atom. The quantitative estimate of drug-likeness (QED) is 0.812. The van der Waals surface area contributed by atoms with E-state index in [0.717, 1.165) is 0 Å². The number of thiophene rings is 1. The number of alkyl halides is 3. The fraction of sp³-hybridized carbons (Fsp3) is 0.286. The van der Waals surface area contributed by atoms with Gasteiger partial charge in [0.05, 0.1) is 13.1 Å². The number of rotatable bonds is 3. The van der Waals surface area contributed by atoms with Crippen molar-refractivity contribution in [3.63, 3.8) is 0 Å². The molecule has 1 rings (SSSR count). The summed E-state index contributed by atoms with van der Waals surface area (Å²) in [6.45, 7) is -1.53. The lowest BCUT2D eigenvalue weighted by Gasteiger charge is -2.07. The minimum Gasteiger partial charge on any atom is -0.267 e. The fourth-order valence-electron chi connectivity index (χ4n) is 0.734. The summed E-state index contributed by atoms with van der Waals surface area (Å²) in [7, 11) is 0. The third-order valence-corrected chi connectivity index (χ3v) is 3.64. The van der Waals surface area contributed by atoms with Gasteiger partial charge in [-0.3, -0.25) is 9.63 Å². The molecule has 90 valence electrons. The Balaban J connectivity index is 2.51. The smallest absolute Gasteiger partial charge is 0.267 e. The van der Waals surface area contributed by atoms with E-state index in [1.807, 2.05) is 0 Å². The third kappa shape index (κ3) is 4.40. The molecule has 0 aliphatic heterocycles. The van der Waals surface area contributed by atoms with Gasteiger partial charge in [-0.1, -0.05) is 0 Å². The summed E-state index contributed by atoms with van der Waals surface area (Å²) < 4.78 is 36.3. The van der Waals surface area contributed by atoms with Crippen LogP contribution >= 0.6 is 43.2 Å². The van der Waals surface area contributed by atoms with Gasteiger partial charge in [-0.2, -0.15) is 13.2 Å². The molecule has 0 unspecified atom stereocenters. The fourth-order valence-corrected chi connectivity index (χ4v) is 3.53. The van der Waals surface area contributed by atoms with Crippen molar-refractivity contribution in [3.05, 3.63) is 19.2 Å². The molecule has 1 N–H and O–H groups in total. The highest BCUT2D eigenvalue weighted by Gasteiger charge is 2.28. The van der Waals surface area contributed by atoms with Gasteiger partial charge in [-0.25, -0.2) is 5.48 Å². The Morgan fingerprint density at radius 3 is 2.56 bits per heavy atom. The highest BCUT2D eigenvalue weighted by Crippen LogP contribution is 2.31. The summed E-state index contributed by atoms with van der Waals surface area (Å²) in [5, 5.41) is 0. The average Bonchev–Trinajstić information content (AvgIpc) is 2.43. The van der Waals surface area contributed by atoms with Gasteiger partial charge >= 0.3 is 6.18 Å². The molecule has 0 aliphatic rings. The minimum atomic E-state index is -4.47. The van der Waals surface area contributed by atoms with E-state index < -0.39 is 18.7 Å². The highest BCUT2D eigenvalue weighted by atomic mass is 79.9. The topological polar surface area (TPSA) is 38.3 Å². The van der Waals surface area contributed by atoms with Crippen LogP contribution in [0.4, 0.5) is 13.2 Å². The van der Waals surface area contributed by atoms with E-state index in [1.165, 1.54) is 17.4 Å². The molecular weight excluding hydrogens is 379 g/mol. The van der Waals surface area contributed by atoms with Gasteiger partial charge in [0.2, 0.25) is 0 Å². The number of carbonyl (C=O) groups is 1. The molecule has 1 heterocycles. The number of nitrogens with one attached hydrogen (secondary N) is 1. The van der Waals surface area contributed by atoms with Crippen LogP contribution in [-0.4, -0.2) is 18.7 Å². The number of halogens is 5. The van der Waals surface area contributed by atoms with E-state index in [-0.39, 0.29) is 5.56 Å². The van der Waals surface area contributed by atoms with Gasteiger partial charge < -0.3 is 0 Å². The molecular formula is C7H4Br2F3NO2S. The van der Waals surface area contributed by atoms with Gasteiger partial charge in [0, 0.05) is 0 Å². The van der Waals surface area contributed by atoms with Crippen LogP contribution < -0.4 is 5.48 Å². The van der Waals surface area contributed by atoms with E-state index in [0.29, 0.717) is 7.57 Å². The molecule has 1 aromatic heterocycles. The Kier molecular flexibility index (Phi) is 4.77. The molecule has 1 aromatic rings. The lowest BCUT2D eigenvalue weighted by atomic mass is 10.3. The highest BCUT2D eigenvalue weighted by molar-refractivity contribution is 9.12. The molecule has 16 heavy (non-hydrogen) atoms. The van der Waals surface area contributed by atoms with Gasteiger partial charge in [0.25, 0.3) is 5.91 Å². The molecule has 0 radical (unpaired) electrons. The van der Waals surface area contributed by atoms with Gasteiger partial charge in [-0.15, -0.1) is 11.3 Å². The van der Waals surface area contributed by atoms with Gasteiger partial charge in [0.1, 0.15) is 0 Å². The van der Waals surface area contributed by atoms with E-state index in [9.17, 15) is 18.0 Å². The van der Waals surface area contributed by atoms with Crippen molar-refractivity contribution < 1.29 is 22.8 Å². The van der Waals surface area contributed by atoms with Crippen LogP contribution in [0.1, 0.15) is 10.4 Å². The van der Waals surface area contributed by atoms with Crippen LogP contribution in [-0.2, 0) is 4.84 Å². The molecule has 0 saturated carbocycles. The van der Waals surface area contributed by atoms with Gasteiger partial charge in [-0.05, 0) is 37.9 Å². The normalized spacial score (nSPS) is 11.6. The third-order valence-electron chi connectivity index (χ3n) is 1.30. The Morgan fingerprint density at radius 1 is 1.50 bits per heavy atom. The maximum absolute atomic E-state index is 11.7. The van der Waals surface area contributed by atoms with Gasteiger partial charge in [0.15, 0.2) is 6.61 Å². The zero-order valence-corrected chi connectivity index (χ0v) is 11.4. The summed E-state index contributed by atoms with van der Waals surface area (Å²) in [4.78, 5) is 15.3. The van der Waals surface area contributed by atoms with Crippen LogP contribution in [0.3, 0.4) is 0 Å². The second kappa shape index (κ2) is 5.48. The Labute approximate surface area is 109 Å². The van der Waals surface area contributed by atoms with Crippen LogP contribution in [0.15, 0.2) is 13.6 Å². The van der Waals surface area contributed by atoms with Crippen molar-refractivity contribution in [2.75, 3.05) is 6.61 Å². The maximum atomic E-state index is 11.7. The molecule has 0 atom stereocenters. The standard InChI is InChI=1S/C7H4Br2F3NO2S/c8-4-1-3(5(9)16-4)6(14)13-15-2-7(10,11)12/h1H,2H2,(H,13,14). The first-order valence-electron chi connectivity index (χ1n) is 3.73. The van der Waals surface area contributed by atoms with Crippen molar-refractivity contribution in [1.29, 1.82) is 0 Å². The Hall–Kier alpha value is -0.120. The number of hydroxylamine groups is 1. The van der Waals surface area contributed by atoms with Crippen molar-refractivity contribution in [3.8, 4) is 0 Å². The van der Waals surface area contributed by atoms with Crippen molar-refractivity contribution in [1.82, 2.24) is 5.48 Å². The average molecular weight is 383 g/mol.